The van der Waals surface area contributed by atoms with Gasteiger partial charge in [0.15, 0.2) is 0 Å². The summed E-state index contributed by atoms with van der Waals surface area (Å²) in [6, 6.07) is 58.3. The van der Waals surface area contributed by atoms with Gasteiger partial charge in [-0.15, -0.1) is 0 Å². The molecule has 9 aromatic carbocycles. The zero-order chi connectivity index (χ0) is 53.9. The molecule has 0 unspecified atom stereocenters. The van der Waals surface area contributed by atoms with Crippen LogP contribution in [0.4, 0.5) is 34.1 Å². The summed E-state index contributed by atoms with van der Waals surface area (Å²) < 4.78 is 9.03. The highest BCUT2D eigenvalue weighted by Gasteiger charge is 2.46. The average Bonchev–Trinajstić information content (AvgIpc) is 4.00. The molecule has 0 bridgehead atoms. The number of hydrogen-bond donors (Lipinski definition) is 0. The normalized spacial score (nSPS) is 13.6. The Morgan fingerprint density at radius 3 is 1.51 bits per heavy atom. The van der Waals surface area contributed by atoms with Gasteiger partial charge in [0.05, 0.1) is 28.1 Å². The van der Waals surface area contributed by atoms with Crippen LogP contribution in [0, 0.1) is 41.5 Å². The lowest BCUT2D eigenvalue weighted by molar-refractivity contribution is 0.590. The Balaban J connectivity index is 1.16. The molecule has 0 fully saturated rings. The van der Waals surface area contributed by atoms with Crippen LogP contribution in [0.15, 0.2) is 156 Å². The molecule has 13 rings (SSSR count). The highest BCUT2D eigenvalue weighted by Crippen LogP contribution is 2.51. The van der Waals surface area contributed by atoms with Crippen LogP contribution in [0.1, 0.15) is 112 Å². The van der Waals surface area contributed by atoms with Crippen molar-refractivity contribution in [3.63, 3.8) is 0 Å². The topological polar surface area (TPSA) is 24.6 Å². The van der Waals surface area contributed by atoms with Gasteiger partial charge in [0.1, 0.15) is 11.2 Å². The molecule has 382 valence electrons. The van der Waals surface area contributed by atoms with Gasteiger partial charge in [0, 0.05) is 44.3 Å². The number of furan rings is 1. The number of anilines is 6. The fraction of sp³-hybridized carbons (Fsp3) is 0.250. The van der Waals surface area contributed by atoms with Gasteiger partial charge in [-0.2, -0.15) is 0 Å². The molecule has 4 nitrogen and oxygen atoms in total. The quantitative estimate of drug-likeness (QED) is 0.164. The maximum atomic E-state index is 6.45. The van der Waals surface area contributed by atoms with Crippen molar-refractivity contribution in [2.45, 2.75) is 120 Å². The molecule has 2 aliphatic heterocycles. The summed E-state index contributed by atoms with van der Waals surface area (Å²) in [5.41, 5.74) is 30.5. The third-order valence-corrected chi connectivity index (χ3v) is 17.3. The zero-order valence-electron chi connectivity index (χ0n) is 47.8. The van der Waals surface area contributed by atoms with E-state index in [-0.39, 0.29) is 23.0 Å². The van der Waals surface area contributed by atoms with Crippen LogP contribution in [0.5, 0.6) is 0 Å². The SMILES string of the molecule is Cc1cc(-c2cccc3oc4ccccc4c23)cc(C)c1N1c2cc(C(C)(C)C)ccc2B2c3cc4c5cc(C(C)(C)C)ccc5n(-c5c(C)cccc5C)c4cc3N(c3c(C)cccc3C)c3cc(C(C)(C)C)cc1c32. The Hall–Kier alpha value is -7.76. The molecular weight excluding hydrogens is 934 g/mol. The van der Waals surface area contributed by atoms with E-state index in [0.717, 1.165) is 21.9 Å². The fourth-order valence-electron chi connectivity index (χ4n) is 13.4. The van der Waals surface area contributed by atoms with Crippen LogP contribution in [0.3, 0.4) is 0 Å². The predicted octanol–water partition coefficient (Wildman–Crippen LogP) is 18.2. The van der Waals surface area contributed by atoms with Crippen molar-refractivity contribution in [1.29, 1.82) is 0 Å². The lowest BCUT2D eigenvalue weighted by Gasteiger charge is -2.46. The van der Waals surface area contributed by atoms with Crippen molar-refractivity contribution < 1.29 is 4.42 Å². The van der Waals surface area contributed by atoms with Crippen LogP contribution < -0.4 is 26.2 Å². The Labute approximate surface area is 456 Å². The van der Waals surface area contributed by atoms with Crippen LogP contribution in [0.25, 0.3) is 60.6 Å². The van der Waals surface area contributed by atoms with E-state index < -0.39 is 0 Å². The van der Waals surface area contributed by atoms with Crippen molar-refractivity contribution in [3.05, 3.63) is 202 Å². The summed E-state index contributed by atoms with van der Waals surface area (Å²) in [5, 5.41) is 4.87. The average molecular weight is 1000 g/mol. The van der Waals surface area contributed by atoms with Crippen molar-refractivity contribution in [2.24, 2.45) is 0 Å². The van der Waals surface area contributed by atoms with Gasteiger partial charge < -0.3 is 18.8 Å². The number of hydrogen-bond acceptors (Lipinski definition) is 3. The number of aromatic nitrogens is 1. The molecule has 2 aliphatic rings. The molecule has 0 aliphatic carbocycles. The summed E-state index contributed by atoms with van der Waals surface area (Å²) >= 11 is 0. The van der Waals surface area contributed by atoms with E-state index in [1.807, 2.05) is 0 Å². The minimum Gasteiger partial charge on any atom is -0.456 e. The summed E-state index contributed by atoms with van der Waals surface area (Å²) in [6.07, 6.45) is 0. The number of benzene rings is 9. The molecule has 0 radical (unpaired) electrons. The fourth-order valence-corrected chi connectivity index (χ4v) is 13.4. The maximum Gasteiger partial charge on any atom is 0.252 e. The highest BCUT2D eigenvalue weighted by atomic mass is 16.3. The minimum atomic E-state index is -0.170. The number of aryl methyl sites for hydroxylation is 6. The van der Waals surface area contributed by atoms with E-state index in [4.69, 9.17) is 4.42 Å². The third kappa shape index (κ3) is 7.39. The first-order valence-corrected chi connectivity index (χ1v) is 27.8. The second-order valence-corrected chi connectivity index (χ2v) is 25.8. The van der Waals surface area contributed by atoms with Gasteiger partial charge in [-0.25, -0.2) is 0 Å². The van der Waals surface area contributed by atoms with Crippen LogP contribution in [-0.2, 0) is 16.2 Å². The molecule has 0 N–H and O–H groups in total. The first-order chi connectivity index (χ1) is 36.6. The van der Waals surface area contributed by atoms with Gasteiger partial charge in [-0.1, -0.05) is 153 Å². The predicted molar refractivity (Wildman–Crippen MR) is 332 cm³/mol. The number of para-hydroxylation sites is 3. The number of fused-ring (bicyclic) bond motifs is 10. The monoisotopic (exact) mass is 1000 g/mol. The molecule has 0 saturated carbocycles. The van der Waals surface area contributed by atoms with Gasteiger partial charge in [-0.05, 0) is 196 Å². The van der Waals surface area contributed by atoms with E-state index in [0.29, 0.717) is 0 Å². The molecular formula is C72H70BN3O. The number of nitrogens with zero attached hydrogens (tertiary/aromatic N) is 3. The van der Waals surface area contributed by atoms with E-state index in [9.17, 15) is 0 Å². The van der Waals surface area contributed by atoms with Crippen LogP contribution in [0.2, 0.25) is 0 Å². The second-order valence-electron chi connectivity index (χ2n) is 25.8. The van der Waals surface area contributed by atoms with E-state index in [1.165, 1.54) is 139 Å². The van der Waals surface area contributed by atoms with E-state index in [1.54, 1.807) is 0 Å². The smallest absolute Gasteiger partial charge is 0.252 e. The molecule has 77 heavy (non-hydrogen) atoms. The highest BCUT2D eigenvalue weighted by molar-refractivity contribution is 7.00. The van der Waals surface area contributed by atoms with E-state index >= 15 is 0 Å². The van der Waals surface area contributed by atoms with Crippen molar-refractivity contribution in [2.75, 3.05) is 9.80 Å². The first-order valence-electron chi connectivity index (χ1n) is 27.8. The molecule has 2 aromatic heterocycles. The molecule has 11 aromatic rings. The van der Waals surface area contributed by atoms with E-state index in [2.05, 4.69) is 270 Å². The largest absolute Gasteiger partial charge is 0.456 e. The third-order valence-electron chi connectivity index (χ3n) is 17.3. The Morgan fingerprint density at radius 2 is 0.883 bits per heavy atom. The zero-order valence-corrected chi connectivity index (χ0v) is 47.8. The lowest BCUT2D eigenvalue weighted by atomic mass is 9.33. The molecule has 0 atom stereocenters. The van der Waals surface area contributed by atoms with Crippen molar-refractivity contribution in [3.8, 4) is 16.8 Å². The second kappa shape index (κ2) is 16.9. The molecule has 4 heterocycles. The van der Waals surface area contributed by atoms with Crippen molar-refractivity contribution >= 4 is 101 Å². The standard InChI is InChI=1S/C72H70BN3O/c1-41-21-18-22-42(2)67(41)74-57-32-30-48(70(7,8)9)35-53(57)54-39-56-60(40-58(54)74)76(68-43(3)23-19-24-44(68)4)62-38-50(72(13,14)15)37-61-66(62)73(56)55-31-29-49(71(10,11)12)36-59(55)75(61)69-45(5)33-47(34-46(69)6)51-26-20-28-64-65(51)52-25-16-17-27-63(52)77-64/h16-40H,1-15H3. The Morgan fingerprint density at radius 1 is 0.377 bits per heavy atom. The summed E-state index contributed by atoms with van der Waals surface area (Å²) in [5.74, 6) is 0. The first kappa shape index (κ1) is 48.9. The van der Waals surface area contributed by atoms with Gasteiger partial charge in [0.2, 0.25) is 0 Å². The number of rotatable bonds is 4. The van der Waals surface area contributed by atoms with Crippen LogP contribution >= 0.6 is 0 Å². The molecule has 0 saturated heterocycles. The van der Waals surface area contributed by atoms with Crippen molar-refractivity contribution in [1.82, 2.24) is 4.57 Å². The molecule has 0 spiro atoms. The summed E-state index contributed by atoms with van der Waals surface area (Å²) in [6.45, 7) is 34.9. The molecule has 5 heteroatoms. The Kier molecular flexibility index (Phi) is 10.7. The maximum absolute atomic E-state index is 6.45. The van der Waals surface area contributed by atoms with Gasteiger partial charge in [-0.3, -0.25) is 0 Å². The summed E-state index contributed by atoms with van der Waals surface area (Å²) in [4.78, 5) is 5.34. The van der Waals surface area contributed by atoms with Crippen LogP contribution in [-0.4, -0.2) is 11.3 Å². The minimum absolute atomic E-state index is 0.0286. The lowest BCUT2D eigenvalue weighted by Crippen LogP contribution is -2.61. The molecule has 0 amide bonds. The van der Waals surface area contributed by atoms with Gasteiger partial charge >= 0.3 is 0 Å². The van der Waals surface area contributed by atoms with Gasteiger partial charge in [0.25, 0.3) is 6.71 Å². The summed E-state index contributed by atoms with van der Waals surface area (Å²) in [7, 11) is 0. The Bertz CT molecular complexity index is 4250.